The normalized spacial score (nSPS) is 13.2. The molecule has 0 amide bonds. The monoisotopic (exact) mass is 925 g/mol. The van der Waals surface area contributed by atoms with Crippen LogP contribution < -0.4 is 0 Å². The number of carbonyl (C=O) groups excluding carboxylic acids is 3. The van der Waals surface area contributed by atoms with Gasteiger partial charge in [-0.25, -0.2) is 0 Å². The van der Waals surface area contributed by atoms with Gasteiger partial charge in [-0.05, 0) is 89.9 Å². The molecule has 0 aliphatic carbocycles. The van der Waals surface area contributed by atoms with Gasteiger partial charge in [-0.3, -0.25) is 14.4 Å². The van der Waals surface area contributed by atoms with Crippen LogP contribution in [0.1, 0.15) is 213 Å². The minimum absolute atomic E-state index is 0.120. The Morgan fingerprint density at radius 1 is 0.313 bits per heavy atom. The molecule has 0 rings (SSSR count). The molecule has 0 aromatic heterocycles. The maximum atomic E-state index is 12.8. The Morgan fingerprint density at radius 3 is 0.970 bits per heavy atom. The zero-order chi connectivity index (χ0) is 48.6. The predicted octanol–water partition coefficient (Wildman–Crippen LogP) is 17.9. The molecule has 0 N–H and O–H groups in total. The van der Waals surface area contributed by atoms with Gasteiger partial charge in [-0.1, -0.05) is 238 Å². The molecule has 0 spiro atoms. The first-order valence-electron chi connectivity index (χ1n) is 26.8. The quantitative estimate of drug-likeness (QED) is 0.0262. The maximum absolute atomic E-state index is 12.8. The number of hydrogen-bond donors (Lipinski definition) is 0. The van der Waals surface area contributed by atoms with Gasteiger partial charge in [-0.2, -0.15) is 0 Å². The van der Waals surface area contributed by atoms with Gasteiger partial charge >= 0.3 is 17.9 Å². The zero-order valence-electron chi connectivity index (χ0n) is 42.9. The van der Waals surface area contributed by atoms with Crippen molar-refractivity contribution in [2.45, 2.75) is 219 Å². The third-order valence-electron chi connectivity index (χ3n) is 10.9. The van der Waals surface area contributed by atoms with E-state index in [1.165, 1.54) is 64.2 Å². The summed E-state index contributed by atoms with van der Waals surface area (Å²) in [5, 5.41) is 0. The number of esters is 3. The Labute approximate surface area is 411 Å². The Bertz CT molecular complexity index is 1480. The van der Waals surface area contributed by atoms with Crippen molar-refractivity contribution in [3.05, 3.63) is 134 Å². The summed E-state index contributed by atoms with van der Waals surface area (Å²) >= 11 is 0. The number of rotatable bonds is 46. The summed E-state index contributed by atoms with van der Waals surface area (Å²) < 4.78 is 16.7. The molecule has 0 aromatic carbocycles. The van der Waals surface area contributed by atoms with E-state index in [4.69, 9.17) is 14.2 Å². The maximum Gasteiger partial charge on any atom is 0.306 e. The van der Waals surface area contributed by atoms with Crippen LogP contribution in [-0.2, 0) is 28.6 Å². The van der Waals surface area contributed by atoms with Crippen molar-refractivity contribution in [2.24, 2.45) is 0 Å². The first-order chi connectivity index (χ1) is 33.0. The Morgan fingerprint density at radius 2 is 0.582 bits per heavy atom. The van der Waals surface area contributed by atoms with E-state index in [-0.39, 0.29) is 37.5 Å². The van der Waals surface area contributed by atoms with Crippen molar-refractivity contribution >= 4 is 17.9 Å². The largest absolute Gasteiger partial charge is 0.462 e. The summed E-state index contributed by atoms with van der Waals surface area (Å²) in [5.74, 6) is -1.02. The van der Waals surface area contributed by atoms with Crippen LogP contribution in [0.5, 0.6) is 0 Å². The van der Waals surface area contributed by atoms with Crippen LogP contribution in [0.3, 0.4) is 0 Å². The van der Waals surface area contributed by atoms with E-state index < -0.39 is 6.10 Å². The molecular weight excluding hydrogens is 829 g/mol. The minimum atomic E-state index is -0.825. The SMILES string of the molecule is CC\C=C/C=C\C=C/C=C\C=C/CCCCCC(=O)OCC(COC(=O)CCCCCCC\C=C/C=C\C=C/C=C\CCCCC)OC(=O)CCCCC/C=C\C=C/CCCCCCCCC. The molecule has 0 aliphatic rings. The standard InChI is InChI=1S/C61H96O6/c1-4-7-10-13-16-19-22-25-28-30-31-34-36-39-42-45-48-51-54-60(63)66-57-58(56-65-59(62)53-50-47-44-41-38-35-32-27-24-21-18-15-12-9-6-3)67-61(64)55-52-49-46-43-40-37-33-29-26-23-20-17-14-11-8-5-2/h9,12,15-16,18-19,21-22,24-25,27-35,37-38,40,58H,4-8,10-11,13-14,17,20,23,26,36,39,41-57H2,1-3H3/b12-9-,18-15-,19-16-,24-21-,25-22-,30-28-,32-27-,33-29-,34-31-,38-35-,40-37-. The van der Waals surface area contributed by atoms with Gasteiger partial charge in [0, 0.05) is 19.3 Å². The summed E-state index contributed by atoms with van der Waals surface area (Å²) in [4.78, 5) is 38.1. The van der Waals surface area contributed by atoms with Crippen LogP contribution in [0.4, 0.5) is 0 Å². The fraction of sp³-hybridized carbons (Fsp3) is 0.590. The second kappa shape index (κ2) is 54.2. The molecule has 0 heterocycles. The number of unbranched alkanes of at least 4 members (excludes halogenated alkanes) is 21. The highest BCUT2D eigenvalue weighted by molar-refractivity contribution is 5.71. The average Bonchev–Trinajstić information content (AvgIpc) is 3.33. The van der Waals surface area contributed by atoms with E-state index in [2.05, 4.69) is 106 Å². The van der Waals surface area contributed by atoms with Gasteiger partial charge in [0.15, 0.2) is 6.10 Å². The third-order valence-corrected chi connectivity index (χ3v) is 10.9. The molecule has 0 aromatic rings. The smallest absolute Gasteiger partial charge is 0.306 e. The zero-order valence-corrected chi connectivity index (χ0v) is 42.9. The first-order valence-corrected chi connectivity index (χ1v) is 26.8. The van der Waals surface area contributed by atoms with Crippen LogP contribution in [0, 0.1) is 0 Å². The lowest BCUT2D eigenvalue weighted by Gasteiger charge is -2.18. The number of allylic oxidation sites excluding steroid dienone is 22. The van der Waals surface area contributed by atoms with E-state index in [1.807, 2.05) is 48.6 Å². The van der Waals surface area contributed by atoms with Crippen molar-refractivity contribution in [1.29, 1.82) is 0 Å². The first kappa shape index (κ1) is 62.5. The molecule has 0 fully saturated rings. The van der Waals surface area contributed by atoms with Gasteiger partial charge < -0.3 is 14.2 Å². The minimum Gasteiger partial charge on any atom is -0.462 e. The van der Waals surface area contributed by atoms with E-state index in [1.54, 1.807) is 0 Å². The van der Waals surface area contributed by atoms with Crippen LogP contribution in [0.2, 0.25) is 0 Å². The van der Waals surface area contributed by atoms with Gasteiger partial charge in [0.25, 0.3) is 0 Å². The van der Waals surface area contributed by atoms with Gasteiger partial charge in [-0.15, -0.1) is 0 Å². The summed E-state index contributed by atoms with van der Waals surface area (Å²) in [7, 11) is 0. The number of carbonyl (C=O) groups is 3. The lowest BCUT2D eigenvalue weighted by molar-refractivity contribution is -0.167. The van der Waals surface area contributed by atoms with E-state index in [0.29, 0.717) is 19.3 Å². The van der Waals surface area contributed by atoms with Crippen LogP contribution >= 0.6 is 0 Å². The molecule has 6 nitrogen and oxygen atoms in total. The van der Waals surface area contributed by atoms with Crippen molar-refractivity contribution in [1.82, 2.24) is 0 Å². The molecule has 67 heavy (non-hydrogen) atoms. The molecule has 0 radical (unpaired) electrons. The second-order valence-electron chi connectivity index (χ2n) is 17.3. The predicted molar refractivity (Wildman–Crippen MR) is 288 cm³/mol. The fourth-order valence-corrected chi connectivity index (χ4v) is 6.82. The molecule has 0 saturated heterocycles. The topological polar surface area (TPSA) is 78.9 Å². The summed E-state index contributed by atoms with van der Waals surface area (Å²) in [5.41, 5.74) is 0. The van der Waals surface area contributed by atoms with E-state index in [9.17, 15) is 14.4 Å². The lowest BCUT2D eigenvalue weighted by Crippen LogP contribution is -2.30. The second-order valence-corrected chi connectivity index (χ2v) is 17.3. The van der Waals surface area contributed by atoms with Crippen molar-refractivity contribution in [3.63, 3.8) is 0 Å². The Balaban J connectivity index is 4.58. The summed E-state index contributed by atoms with van der Waals surface area (Å²) in [6.45, 7) is 6.35. The average molecular weight is 925 g/mol. The van der Waals surface area contributed by atoms with E-state index in [0.717, 1.165) is 103 Å². The number of ether oxygens (including phenoxy) is 3. The van der Waals surface area contributed by atoms with Gasteiger partial charge in [0.05, 0.1) is 0 Å². The van der Waals surface area contributed by atoms with Crippen molar-refractivity contribution in [2.75, 3.05) is 13.2 Å². The van der Waals surface area contributed by atoms with Crippen LogP contribution in [0.25, 0.3) is 0 Å². The summed E-state index contributed by atoms with van der Waals surface area (Å²) in [6, 6.07) is 0. The molecule has 1 unspecified atom stereocenters. The highest BCUT2D eigenvalue weighted by atomic mass is 16.6. The van der Waals surface area contributed by atoms with Crippen molar-refractivity contribution < 1.29 is 28.6 Å². The fourth-order valence-electron chi connectivity index (χ4n) is 6.82. The molecule has 0 bridgehead atoms. The summed E-state index contributed by atoms with van der Waals surface area (Å²) in [6.07, 6.45) is 75.7. The molecule has 0 aliphatic heterocycles. The molecular formula is C61H96O6. The molecule has 6 heteroatoms. The lowest BCUT2D eigenvalue weighted by atomic mass is 10.1. The molecule has 0 saturated carbocycles. The van der Waals surface area contributed by atoms with Gasteiger partial charge in [0.2, 0.25) is 0 Å². The van der Waals surface area contributed by atoms with Gasteiger partial charge in [0.1, 0.15) is 13.2 Å². The van der Waals surface area contributed by atoms with Crippen molar-refractivity contribution in [3.8, 4) is 0 Å². The van der Waals surface area contributed by atoms with Crippen LogP contribution in [0.15, 0.2) is 134 Å². The third kappa shape index (κ3) is 52.4. The van der Waals surface area contributed by atoms with Crippen LogP contribution in [-0.4, -0.2) is 37.2 Å². The molecule has 1 atom stereocenters. The highest BCUT2D eigenvalue weighted by Crippen LogP contribution is 2.12. The Kier molecular flexibility index (Phi) is 50.6. The Hall–Kier alpha value is -4.45. The number of hydrogen-bond acceptors (Lipinski definition) is 6. The van der Waals surface area contributed by atoms with E-state index >= 15 is 0 Å². The molecule has 376 valence electrons. The highest BCUT2D eigenvalue weighted by Gasteiger charge is 2.19.